The van der Waals surface area contributed by atoms with E-state index in [0.717, 1.165) is 25.9 Å². The van der Waals surface area contributed by atoms with Crippen LogP contribution in [-0.4, -0.2) is 37.8 Å². The fourth-order valence-electron chi connectivity index (χ4n) is 2.25. The summed E-state index contributed by atoms with van der Waals surface area (Å²) in [7, 11) is 1.53. The summed E-state index contributed by atoms with van der Waals surface area (Å²) in [5, 5.41) is 15.9. The number of phenols is 1. The lowest BCUT2D eigenvalue weighted by Gasteiger charge is -2.22. The van der Waals surface area contributed by atoms with Crippen LogP contribution in [0.2, 0.25) is 0 Å². The maximum absolute atomic E-state index is 12.0. The predicted molar refractivity (Wildman–Crippen MR) is 79.8 cm³/mol. The Kier molecular flexibility index (Phi) is 6.61. The number of carbonyl (C=O) groups is 1. The molecule has 0 radical (unpaired) electrons. The Morgan fingerprint density at radius 1 is 1.55 bits per heavy atom. The van der Waals surface area contributed by atoms with Crippen molar-refractivity contribution in [3.63, 3.8) is 0 Å². The van der Waals surface area contributed by atoms with Gasteiger partial charge in [-0.1, -0.05) is 0 Å². The zero-order valence-electron chi connectivity index (χ0n) is 11.5. The van der Waals surface area contributed by atoms with Crippen LogP contribution in [0, 0.1) is 5.92 Å². The quantitative estimate of drug-likeness (QED) is 0.789. The molecule has 0 aliphatic carbocycles. The van der Waals surface area contributed by atoms with Gasteiger partial charge in [-0.05, 0) is 50.0 Å². The van der Waals surface area contributed by atoms with Crippen molar-refractivity contribution in [2.45, 2.75) is 12.8 Å². The first kappa shape index (κ1) is 16.6. The first-order chi connectivity index (χ1) is 9.20. The van der Waals surface area contributed by atoms with Crippen molar-refractivity contribution < 1.29 is 14.6 Å². The van der Waals surface area contributed by atoms with Crippen molar-refractivity contribution in [3.05, 3.63) is 23.8 Å². The number of nitrogens with one attached hydrogen (secondary N) is 2. The highest BCUT2D eigenvalue weighted by atomic mass is 35.5. The Balaban J connectivity index is 0.00000200. The molecular formula is C14H21ClN2O3. The van der Waals surface area contributed by atoms with Crippen molar-refractivity contribution >= 4 is 18.3 Å². The van der Waals surface area contributed by atoms with Crippen LogP contribution < -0.4 is 15.4 Å². The Morgan fingerprint density at radius 3 is 3.00 bits per heavy atom. The number of halogens is 1. The van der Waals surface area contributed by atoms with Crippen LogP contribution in [0.15, 0.2) is 18.2 Å². The molecule has 112 valence electrons. The van der Waals surface area contributed by atoms with Gasteiger partial charge in [0.1, 0.15) is 11.5 Å². The summed E-state index contributed by atoms with van der Waals surface area (Å²) in [5.74, 6) is 0.731. The molecule has 0 aromatic heterocycles. The van der Waals surface area contributed by atoms with E-state index in [1.54, 1.807) is 12.1 Å². The maximum atomic E-state index is 12.0. The van der Waals surface area contributed by atoms with Gasteiger partial charge in [-0.2, -0.15) is 0 Å². The monoisotopic (exact) mass is 300 g/mol. The lowest BCUT2D eigenvalue weighted by molar-refractivity contribution is 0.0942. The molecule has 1 atom stereocenters. The smallest absolute Gasteiger partial charge is 0.255 e. The number of amides is 1. The van der Waals surface area contributed by atoms with Gasteiger partial charge >= 0.3 is 0 Å². The average Bonchev–Trinajstić information content (AvgIpc) is 2.46. The molecular weight excluding hydrogens is 280 g/mol. The fraction of sp³-hybridized carbons (Fsp3) is 0.500. The molecule has 0 bridgehead atoms. The Morgan fingerprint density at radius 2 is 2.35 bits per heavy atom. The van der Waals surface area contributed by atoms with Crippen LogP contribution in [-0.2, 0) is 0 Å². The zero-order valence-corrected chi connectivity index (χ0v) is 12.3. The molecule has 0 saturated carbocycles. The number of piperidine rings is 1. The molecule has 1 saturated heterocycles. The van der Waals surface area contributed by atoms with E-state index in [1.807, 2.05) is 0 Å². The van der Waals surface area contributed by atoms with E-state index < -0.39 is 0 Å². The van der Waals surface area contributed by atoms with Crippen LogP contribution in [0.4, 0.5) is 0 Å². The maximum Gasteiger partial charge on any atom is 0.255 e. The molecule has 1 fully saturated rings. The Labute approximate surface area is 125 Å². The summed E-state index contributed by atoms with van der Waals surface area (Å²) < 4.78 is 5.05. The summed E-state index contributed by atoms with van der Waals surface area (Å²) in [6, 6.07) is 4.64. The van der Waals surface area contributed by atoms with Gasteiger partial charge in [0.05, 0.1) is 12.7 Å². The van der Waals surface area contributed by atoms with E-state index >= 15 is 0 Å². The van der Waals surface area contributed by atoms with Crippen LogP contribution in [0.25, 0.3) is 0 Å². The van der Waals surface area contributed by atoms with E-state index in [9.17, 15) is 9.90 Å². The van der Waals surface area contributed by atoms with E-state index in [-0.39, 0.29) is 29.6 Å². The third kappa shape index (κ3) is 4.28. The van der Waals surface area contributed by atoms with Gasteiger partial charge in [-0.15, -0.1) is 12.4 Å². The first-order valence-corrected chi connectivity index (χ1v) is 6.56. The number of hydrogen-bond donors (Lipinski definition) is 3. The molecule has 1 heterocycles. The number of phenolic OH excluding ortho intramolecular Hbond substituents is 1. The average molecular weight is 301 g/mol. The number of carbonyl (C=O) groups excluding carboxylic acids is 1. The highest BCUT2D eigenvalue weighted by molar-refractivity contribution is 5.97. The summed E-state index contributed by atoms with van der Waals surface area (Å²) in [6.45, 7) is 2.62. The number of hydrogen-bond acceptors (Lipinski definition) is 4. The first-order valence-electron chi connectivity index (χ1n) is 6.56. The lowest BCUT2D eigenvalue weighted by Crippen LogP contribution is -2.38. The van der Waals surface area contributed by atoms with Gasteiger partial charge in [0.15, 0.2) is 0 Å². The van der Waals surface area contributed by atoms with Gasteiger partial charge < -0.3 is 20.5 Å². The second kappa shape index (κ2) is 7.97. The molecule has 1 aliphatic heterocycles. The minimum atomic E-state index is -0.262. The van der Waals surface area contributed by atoms with E-state index in [0.29, 0.717) is 18.2 Å². The molecule has 1 aromatic carbocycles. The van der Waals surface area contributed by atoms with Crippen molar-refractivity contribution in [1.82, 2.24) is 10.6 Å². The standard InChI is InChI=1S/C14H20N2O3.ClH/c1-19-11-4-5-13(17)12(7-11)14(18)16-9-10-3-2-6-15-8-10;/h4-5,7,10,15,17H,2-3,6,8-9H2,1H3,(H,16,18);1H. The summed E-state index contributed by atoms with van der Waals surface area (Å²) in [5.41, 5.74) is 0.253. The molecule has 0 spiro atoms. The van der Waals surface area contributed by atoms with Crippen molar-refractivity contribution in [2.75, 3.05) is 26.7 Å². The number of methoxy groups -OCH3 is 1. The number of benzene rings is 1. The van der Waals surface area contributed by atoms with Crippen LogP contribution in [0.1, 0.15) is 23.2 Å². The second-order valence-corrected chi connectivity index (χ2v) is 4.81. The highest BCUT2D eigenvalue weighted by Gasteiger charge is 2.16. The third-order valence-corrected chi connectivity index (χ3v) is 3.40. The van der Waals surface area contributed by atoms with E-state index in [4.69, 9.17) is 4.74 Å². The van der Waals surface area contributed by atoms with E-state index in [1.165, 1.54) is 13.2 Å². The fourth-order valence-corrected chi connectivity index (χ4v) is 2.25. The second-order valence-electron chi connectivity index (χ2n) is 4.81. The minimum Gasteiger partial charge on any atom is -0.507 e. The van der Waals surface area contributed by atoms with Crippen molar-refractivity contribution in [3.8, 4) is 11.5 Å². The molecule has 5 nitrogen and oxygen atoms in total. The van der Waals surface area contributed by atoms with Crippen LogP contribution >= 0.6 is 12.4 Å². The normalized spacial score (nSPS) is 17.9. The Bertz CT molecular complexity index is 448. The van der Waals surface area contributed by atoms with Crippen molar-refractivity contribution in [1.29, 1.82) is 0 Å². The van der Waals surface area contributed by atoms with Gasteiger partial charge in [-0.3, -0.25) is 4.79 Å². The van der Waals surface area contributed by atoms with Gasteiger partial charge in [0.2, 0.25) is 0 Å². The number of rotatable bonds is 4. The highest BCUT2D eigenvalue weighted by Crippen LogP contribution is 2.22. The van der Waals surface area contributed by atoms with Gasteiger partial charge in [0, 0.05) is 6.54 Å². The summed E-state index contributed by atoms with van der Waals surface area (Å²) >= 11 is 0. The Hall–Kier alpha value is -1.46. The molecule has 1 amide bonds. The predicted octanol–water partition coefficient (Wildman–Crippen LogP) is 1.55. The molecule has 3 N–H and O–H groups in total. The lowest BCUT2D eigenvalue weighted by atomic mass is 9.99. The summed E-state index contributed by atoms with van der Waals surface area (Å²) in [6.07, 6.45) is 2.27. The molecule has 1 aromatic rings. The number of aromatic hydroxyl groups is 1. The topological polar surface area (TPSA) is 70.6 Å². The van der Waals surface area contributed by atoms with Crippen LogP contribution in [0.5, 0.6) is 11.5 Å². The molecule has 1 aliphatic rings. The molecule has 2 rings (SSSR count). The van der Waals surface area contributed by atoms with Gasteiger partial charge in [0.25, 0.3) is 5.91 Å². The van der Waals surface area contributed by atoms with Crippen LogP contribution in [0.3, 0.4) is 0 Å². The molecule has 6 heteroatoms. The third-order valence-electron chi connectivity index (χ3n) is 3.40. The summed E-state index contributed by atoms with van der Waals surface area (Å²) in [4.78, 5) is 12.0. The SMILES string of the molecule is COc1ccc(O)c(C(=O)NCC2CCCNC2)c1.Cl. The largest absolute Gasteiger partial charge is 0.507 e. The van der Waals surface area contributed by atoms with E-state index in [2.05, 4.69) is 10.6 Å². The molecule has 1 unspecified atom stereocenters. The molecule has 20 heavy (non-hydrogen) atoms. The number of ether oxygens (including phenoxy) is 1. The minimum absolute atomic E-state index is 0. The van der Waals surface area contributed by atoms with Crippen molar-refractivity contribution in [2.24, 2.45) is 5.92 Å². The zero-order chi connectivity index (χ0) is 13.7. The van der Waals surface area contributed by atoms with Gasteiger partial charge in [-0.25, -0.2) is 0 Å².